The molecule has 0 atom stereocenters. The Labute approximate surface area is 124 Å². The maximum Gasteiger partial charge on any atom is 0.446 e. The van der Waals surface area contributed by atoms with Gasteiger partial charge in [0, 0.05) is 10.6 Å². The van der Waals surface area contributed by atoms with Crippen molar-refractivity contribution in [1.29, 1.82) is 0 Å². The molecule has 0 saturated carbocycles. The lowest BCUT2D eigenvalue weighted by molar-refractivity contribution is -0.0328. The molecule has 0 radical (unpaired) electrons. The third-order valence-corrected chi connectivity index (χ3v) is 4.29. The maximum atomic E-state index is 12.5. The van der Waals surface area contributed by atoms with E-state index in [1.807, 2.05) is 19.9 Å². The molecule has 1 aromatic carbocycles. The van der Waals surface area contributed by atoms with Crippen molar-refractivity contribution in [3.8, 4) is 0 Å². The van der Waals surface area contributed by atoms with Crippen molar-refractivity contribution in [2.45, 2.75) is 35.6 Å². The van der Waals surface area contributed by atoms with Crippen LogP contribution >= 0.6 is 23.5 Å². The zero-order valence-electron chi connectivity index (χ0n) is 11.0. The second-order valence-corrected chi connectivity index (χ2v) is 6.88. The molecule has 7 heteroatoms. The Kier molecular flexibility index (Phi) is 4.61. The number of thioether (sulfide) groups is 2. The number of halogens is 3. The number of hydrogen-bond donors (Lipinski definition) is 1. The molecule has 0 fully saturated rings. The molecule has 110 valence electrons. The van der Waals surface area contributed by atoms with Crippen molar-refractivity contribution in [3.63, 3.8) is 0 Å². The molecule has 0 bridgehead atoms. The van der Waals surface area contributed by atoms with E-state index in [9.17, 15) is 13.2 Å². The summed E-state index contributed by atoms with van der Waals surface area (Å²) in [5.41, 5.74) is -1.21. The van der Waals surface area contributed by atoms with Gasteiger partial charge in [-0.3, -0.25) is 10.3 Å². The average molecular weight is 321 g/mol. The van der Waals surface area contributed by atoms with E-state index in [0.717, 1.165) is 5.03 Å². The van der Waals surface area contributed by atoms with Crippen molar-refractivity contribution in [2.24, 2.45) is 0 Å². The second-order valence-electron chi connectivity index (χ2n) is 4.76. The largest absolute Gasteiger partial charge is 0.446 e. The fourth-order valence-electron chi connectivity index (χ4n) is 1.63. The van der Waals surface area contributed by atoms with E-state index in [0.29, 0.717) is 11.3 Å². The Hall–Kier alpha value is -0.790. The highest BCUT2D eigenvalue weighted by molar-refractivity contribution is 8.02. The van der Waals surface area contributed by atoms with Crippen LogP contribution < -0.4 is 5.48 Å². The Morgan fingerprint density at radius 3 is 2.55 bits per heavy atom. The third-order valence-electron chi connectivity index (χ3n) is 2.47. The van der Waals surface area contributed by atoms with Crippen LogP contribution in [0.1, 0.15) is 19.4 Å². The average Bonchev–Trinajstić information content (AvgIpc) is 2.66. The van der Waals surface area contributed by atoms with Gasteiger partial charge in [-0.25, -0.2) is 0 Å². The van der Waals surface area contributed by atoms with Gasteiger partial charge in [-0.15, -0.1) is 11.8 Å². The van der Waals surface area contributed by atoms with E-state index in [4.69, 9.17) is 4.84 Å². The van der Waals surface area contributed by atoms with Crippen LogP contribution in [0.3, 0.4) is 0 Å². The van der Waals surface area contributed by atoms with Gasteiger partial charge in [-0.05, 0) is 43.3 Å². The first-order valence-electron chi connectivity index (χ1n) is 5.88. The van der Waals surface area contributed by atoms with Crippen LogP contribution in [0.5, 0.6) is 0 Å². The van der Waals surface area contributed by atoms with E-state index in [-0.39, 0.29) is 22.3 Å². The molecule has 0 unspecified atom stereocenters. The molecule has 0 aromatic heterocycles. The fourth-order valence-corrected chi connectivity index (χ4v) is 3.42. The first kappa shape index (κ1) is 15.6. The fraction of sp³-hybridized carbons (Fsp3) is 0.385. The quantitative estimate of drug-likeness (QED) is 0.812. The van der Waals surface area contributed by atoms with Crippen LogP contribution in [-0.2, 0) is 10.6 Å². The molecule has 0 saturated heterocycles. The number of nitrogens with one attached hydrogen (secondary N) is 1. The molecular weight excluding hydrogens is 307 g/mol. The van der Waals surface area contributed by atoms with Gasteiger partial charge in [0.15, 0.2) is 0 Å². The van der Waals surface area contributed by atoms with E-state index in [1.54, 1.807) is 18.2 Å². The van der Waals surface area contributed by atoms with Gasteiger partial charge in [0.2, 0.25) is 0 Å². The monoisotopic (exact) mass is 321 g/mol. The minimum atomic E-state index is -4.27. The molecule has 1 N–H and O–H groups in total. The van der Waals surface area contributed by atoms with E-state index < -0.39 is 5.51 Å². The Balaban J connectivity index is 2.03. The van der Waals surface area contributed by atoms with Crippen molar-refractivity contribution in [3.05, 3.63) is 40.9 Å². The highest BCUT2D eigenvalue weighted by Gasteiger charge is 2.30. The van der Waals surface area contributed by atoms with E-state index in [2.05, 4.69) is 5.48 Å². The first-order chi connectivity index (χ1) is 9.25. The topological polar surface area (TPSA) is 21.3 Å². The summed E-state index contributed by atoms with van der Waals surface area (Å²) in [4.78, 5) is 5.55. The summed E-state index contributed by atoms with van der Waals surface area (Å²) in [6.45, 7) is 3.81. The zero-order valence-corrected chi connectivity index (χ0v) is 12.6. The van der Waals surface area contributed by atoms with E-state index >= 15 is 0 Å². The number of hydroxylamine groups is 1. The van der Waals surface area contributed by atoms with Gasteiger partial charge in [-0.2, -0.15) is 13.2 Å². The summed E-state index contributed by atoms with van der Waals surface area (Å²) in [5, 5.41) is 0.821. The van der Waals surface area contributed by atoms with Gasteiger partial charge >= 0.3 is 5.51 Å². The summed E-state index contributed by atoms with van der Waals surface area (Å²) in [5.74, 6) is 0.456. The van der Waals surface area contributed by atoms with Crippen molar-refractivity contribution < 1.29 is 18.0 Å². The number of hydrogen-bond acceptors (Lipinski definition) is 4. The van der Waals surface area contributed by atoms with Crippen LogP contribution in [0, 0.1) is 0 Å². The minimum Gasteiger partial charge on any atom is -0.265 e. The lowest BCUT2D eigenvalue weighted by atomic mass is 10.1. The van der Waals surface area contributed by atoms with Gasteiger partial charge in [-0.1, -0.05) is 18.2 Å². The molecule has 0 amide bonds. The SMILES string of the molecule is CC1(C)C=C(SCc2ccccc2SC(F)(F)F)NO1. The smallest absolute Gasteiger partial charge is 0.265 e. The summed E-state index contributed by atoms with van der Waals surface area (Å²) in [7, 11) is 0. The zero-order chi connectivity index (χ0) is 14.8. The third kappa shape index (κ3) is 4.64. The van der Waals surface area contributed by atoms with Gasteiger partial charge in [0.1, 0.15) is 5.60 Å². The van der Waals surface area contributed by atoms with Crippen molar-refractivity contribution >= 4 is 23.5 Å². The normalized spacial score (nSPS) is 17.8. The van der Waals surface area contributed by atoms with Crippen LogP contribution in [0.2, 0.25) is 0 Å². The first-order valence-corrected chi connectivity index (χ1v) is 7.69. The molecule has 1 aliphatic heterocycles. The Morgan fingerprint density at radius 2 is 1.95 bits per heavy atom. The summed E-state index contributed by atoms with van der Waals surface area (Å²) < 4.78 is 37.4. The van der Waals surface area contributed by atoms with Crippen LogP contribution in [0.25, 0.3) is 0 Å². The van der Waals surface area contributed by atoms with Crippen molar-refractivity contribution in [1.82, 2.24) is 5.48 Å². The second kappa shape index (κ2) is 5.91. The van der Waals surface area contributed by atoms with Crippen LogP contribution in [0.4, 0.5) is 13.2 Å². The van der Waals surface area contributed by atoms with E-state index in [1.165, 1.54) is 17.8 Å². The molecule has 0 spiro atoms. The minimum absolute atomic E-state index is 0.0748. The maximum absolute atomic E-state index is 12.5. The molecule has 1 heterocycles. The number of alkyl halides is 3. The lowest BCUT2D eigenvalue weighted by Crippen LogP contribution is -2.20. The number of benzene rings is 1. The standard InChI is InChI=1S/C13H14F3NOS2/c1-12(2)7-11(17-18-12)19-8-9-5-3-4-6-10(9)20-13(14,15)16/h3-7,17H,8H2,1-2H3. The van der Waals surface area contributed by atoms with Gasteiger partial charge < -0.3 is 0 Å². The molecule has 2 rings (SSSR count). The predicted octanol–water partition coefficient (Wildman–Crippen LogP) is 4.69. The highest BCUT2D eigenvalue weighted by Crippen LogP contribution is 2.40. The summed E-state index contributed by atoms with van der Waals surface area (Å²) >= 11 is 1.35. The molecule has 1 aromatic rings. The Morgan fingerprint density at radius 1 is 1.25 bits per heavy atom. The summed E-state index contributed by atoms with van der Waals surface area (Å²) in [6.07, 6.45) is 1.91. The van der Waals surface area contributed by atoms with Crippen LogP contribution in [0.15, 0.2) is 40.3 Å². The molecule has 2 nitrogen and oxygen atoms in total. The van der Waals surface area contributed by atoms with Crippen LogP contribution in [-0.4, -0.2) is 11.1 Å². The van der Waals surface area contributed by atoms with Gasteiger partial charge in [0.05, 0.1) is 5.03 Å². The molecule has 20 heavy (non-hydrogen) atoms. The van der Waals surface area contributed by atoms with Crippen molar-refractivity contribution in [2.75, 3.05) is 0 Å². The molecular formula is C13H14F3NOS2. The van der Waals surface area contributed by atoms with Gasteiger partial charge in [0.25, 0.3) is 0 Å². The number of rotatable bonds is 4. The molecule has 1 aliphatic rings. The lowest BCUT2D eigenvalue weighted by Gasteiger charge is -2.12. The predicted molar refractivity (Wildman–Crippen MR) is 76.0 cm³/mol. The Bertz CT molecular complexity index is 515. The molecule has 0 aliphatic carbocycles. The highest BCUT2D eigenvalue weighted by atomic mass is 32.2. The summed E-state index contributed by atoms with van der Waals surface area (Å²) in [6, 6.07) is 6.56.